The summed E-state index contributed by atoms with van der Waals surface area (Å²) in [4.78, 5) is 0. The summed E-state index contributed by atoms with van der Waals surface area (Å²) in [6.45, 7) is 5.02. The number of benzene rings is 1. The molecule has 0 spiro atoms. The van der Waals surface area contributed by atoms with Crippen LogP contribution in [-0.4, -0.2) is 33.0 Å². The van der Waals surface area contributed by atoms with Gasteiger partial charge in [-0.1, -0.05) is 25.0 Å². The molecule has 0 bridgehead atoms. The molecule has 0 heterocycles. The van der Waals surface area contributed by atoms with E-state index in [4.69, 9.17) is 14.2 Å². The number of methoxy groups -OCH3 is 1. The van der Waals surface area contributed by atoms with Gasteiger partial charge in [-0.05, 0) is 25.8 Å². The zero-order chi connectivity index (χ0) is 14.9. The van der Waals surface area contributed by atoms with Crippen molar-refractivity contribution >= 4 is 0 Å². The van der Waals surface area contributed by atoms with Gasteiger partial charge in [-0.3, -0.25) is 0 Å². The van der Waals surface area contributed by atoms with Gasteiger partial charge in [0.2, 0.25) is 0 Å². The van der Waals surface area contributed by atoms with Crippen LogP contribution in [0.2, 0.25) is 0 Å². The molecule has 1 aromatic carbocycles. The monoisotopic (exact) mass is 293 g/mol. The predicted octanol–water partition coefficient (Wildman–Crippen LogP) is 3.14. The molecule has 0 atom stereocenters. The minimum absolute atomic E-state index is 0.489. The largest absolute Gasteiger partial charge is 0.493 e. The average Bonchev–Trinajstić information content (AvgIpc) is 3.01. The average molecular weight is 293 g/mol. The van der Waals surface area contributed by atoms with E-state index in [9.17, 15) is 0 Å². The summed E-state index contributed by atoms with van der Waals surface area (Å²) in [7, 11) is 1.69. The first-order valence-corrected chi connectivity index (χ1v) is 7.96. The number of hydrogen-bond donors (Lipinski definition) is 1. The van der Waals surface area contributed by atoms with Gasteiger partial charge < -0.3 is 19.5 Å². The van der Waals surface area contributed by atoms with Crippen molar-refractivity contribution in [2.75, 3.05) is 26.9 Å². The highest BCUT2D eigenvalue weighted by atomic mass is 16.5. The highest BCUT2D eigenvalue weighted by Crippen LogP contribution is 2.30. The lowest BCUT2D eigenvalue weighted by molar-refractivity contribution is 0.0602. The van der Waals surface area contributed by atoms with Crippen LogP contribution in [0.15, 0.2) is 18.2 Å². The maximum atomic E-state index is 5.84. The van der Waals surface area contributed by atoms with Gasteiger partial charge in [0.15, 0.2) is 11.5 Å². The molecule has 0 aliphatic heterocycles. The van der Waals surface area contributed by atoms with Crippen molar-refractivity contribution in [1.29, 1.82) is 0 Å². The van der Waals surface area contributed by atoms with Crippen LogP contribution in [0.25, 0.3) is 0 Å². The molecule has 1 aliphatic rings. The van der Waals surface area contributed by atoms with Gasteiger partial charge in [-0.2, -0.15) is 0 Å². The Morgan fingerprint density at radius 2 is 2.05 bits per heavy atom. The van der Waals surface area contributed by atoms with E-state index >= 15 is 0 Å². The lowest BCUT2D eigenvalue weighted by Gasteiger charge is -2.15. The maximum absolute atomic E-state index is 5.84. The second-order valence-corrected chi connectivity index (χ2v) is 5.34. The third kappa shape index (κ3) is 4.90. The first kappa shape index (κ1) is 16.1. The van der Waals surface area contributed by atoms with Gasteiger partial charge in [-0.15, -0.1) is 0 Å². The number of nitrogens with one attached hydrogen (secondary N) is 1. The number of rotatable bonds is 9. The molecule has 2 rings (SSSR count). The van der Waals surface area contributed by atoms with Crippen LogP contribution in [0.3, 0.4) is 0 Å². The molecule has 1 fully saturated rings. The summed E-state index contributed by atoms with van der Waals surface area (Å²) in [5.41, 5.74) is 1.12. The van der Waals surface area contributed by atoms with Crippen molar-refractivity contribution in [1.82, 2.24) is 5.32 Å². The SMILES string of the molecule is CCOc1cccc(CNCCOC2CCCC2)c1OC. The van der Waals surface area contributed by atoms with Crippen molar-refractivity contribution in [3.63, 3.8) is 0 Å². The van der Waals surface area contributed by atoms with Crippen molar-refractivity contribution in [3.05, 3.63) is 23.8 Å². The summed E-state index contributed by atoms with van der Waals surface area (Å²) < 4.78 is 16.9. The lowest BCUT2D eigenvalue weighted by atomic mass is 10.2. The van der Waals surface area contributed by atoms with Crippen LogP contribution in [0.5, 0.6) is 11.5 Å². The molecule has 118 valence electrons. The fraction of sp³-hybridized carbons (Fsp3) is 0.647. The van der Waals surface area contributed by atoms with Crippen LogP contribution in [-0.2, 0) is 11.3 Å². The second-order valence-electron chi connectivity index (χ2n) is 5.34. The number of para-hydroxylation sites is 1. The van der Waals surface area contributed by atoms with E-state index in [0.717, 1.165) is 36.8 Å². The van der Waals surface area contributed by atoms with Crippen LogP contribution < -0.4 is 14.8 Å². The molecule has 0 aromatic heterocycles. The first-order valence-electron chi connectivity index (χ1n) is 7.96. The molecule has 0 radical (unpaired) electrons. The Morgan fingerprint density at radius 3 is 2.76 bits per heavy atom. The molecule has 1 N–H and O–H groups in total. The molecular formula is C17H27NO3. The van der Waals surface area contributed by atoms with Crippen LogP contribution >= 0.6 is 0 Å². The molecule has 21 heavy (non-hydrogen) atoms. The summed E-state index contributed by atoms with van der Waals surface area (Å²) in [5.74, 6) is 1.63. The number of ether oxygens (including phenoxy) is 3. The Morgan fingerprint density at radius 1 is 1.24 bits per heavy atom. The quantitative estimate of drug-likeness (QED) is 0.710. The molecule has 1 saturated carbocycles. The Bertz CT molecular complexity index is 416. The Kier molecular flexibility index (Phi) is 6.83. The van der Waals surface area contributed by atoms with E-state index in [1.54, 1.807) is 7.11 Å². The highest BCUT2D eigenvalue weighted by molar-refractivity contribution is 5.46. The summed E-state index contributed by atoms with van der Waals surface area (Å²) >= 11 is 0. The van der Waals surface area contributed by atoms with Gasteiger partial charge in [0.1, 0.15) is 0 Å². The molecule has 4 heteroatoms. The van der Waals surface area contributed by atoms with E-state index in [1.807, 2.05) is 19.1 Å². The molecule has 0 unspecified atom stereocenters. The van der Waals surface area contributed by atoms with Gasteiger partial charge >= 0.3 is 0 Å². The predicted molar refractivity (Wildman–Crippen MR) is 84.1 cm³/mol. The first-order chi connectivity index (χ1) is 10.3. The Balaban J connectivity index is 1.75. The zero-order valence-corrected chi connectivity index (χ0v) is 13.2. The Hall–Kier alpha value is -1.26. The summed E-state index contributed by atoms with van der Waals surface area (Å²) in [5, 5.41) is 3.41. The van der Waals surface area contributed by atoms with E-state index in [-0.39, 0.29) is 0 Å². The fourth-order valence-electron chi connectivity index (χ4n) is 2.78. The van der Waals surface area contributed by atoms with Gasteiger partial charge in [-0.25, -0.2) is 0 Å². The summed E-state index contributed by atoms with van der Waals surface area (Å²) in [6, 6.07) is 6.00. The lowest BCUT2D eigenvalue weighted by Crippen LogP contribution is -2.22. The van der Waals surface area contributed by atoms with Crippen LogP contribution in [0.1, 0.15) is 38.2 Å². The van der Waals surface area contributed by atoms with E-state index in [1.165, 1.54) is 25.7 Å². The maximum Gasteiger partial charge on any atom is 0.165 e. The van der Waals surface area contributed by atoms with Crippen molar-refractivity contribution in [2.45, 2.75) is 45.3 Å². The van der Waals surface area contributed by atoms with E-state index in [0.29, 0.717) is 12.7 Å². The highest BCUT2D eigenvalue weighted by Gasteiger charge is 2.14. The smallest absolute Gasteiger partial charge is 0.165 e. The second kappa shape index (κ2) is 8.90. The van der Waals surface area contributed by atoms with Gasteiger partial charge in [0.25, 0.3) is 0 Å². The Labute approximate surface area is 127 Å². The molecule has 4 nitrogen and oxygen atoms in total. The standard InChI is InChI=1S/C17H27NO3/c1-3-20-16-10-6-7-14(17(16)19-2)13-18-11-12-21-15-8-4-5-9-15/h6-7,10,15,18H,3-5,8-9,11-13H2,1-2H3. The third-order valence-electron chi connectivity index (χ3n) is 3.81. The molecule has 0 saturated heterocycles. The number of hydrogen-bond acceptors (Lipinski definition) is 4. The van der Waals surface area contributed by atoms with Crippen molar-refractivity contribution in [2.24, 2.45) is 0 Å². The minimum atomic E-state index is 0.489. The van der Waals surface area contributed by atoms with E-state index in [2.05, 4.69) is 11.4 Å². The third-order valence-corrected chi connectivity index (χ3v) is 3.81. The zero-order valence-electron chi connectivity index (χ0n) is 13.2. The minimum Gasteiger partial charge on any atom is -0.493 e. The topological polar surface area (TPSA) is 39.7 Å². The summed E-state index contributed by atoms with van der Waals surface area (Å²) in [6.07, 6.45) is 5.58. The molecule has 1 aliphatic carbocycles. The molecule has 1 aromatic rings. The fourth-order valence-corrected chi connectivity index (χ4v) is 2.78. The van der Waals surface area contributed by atoms with Crippen LogP contribution in [0, 0.1) is 0 Å². The molecular weight excluding hydrogens is 266 g/mol. The normalized spacial score (nSPS) is 15.3. The van der Waals surface area contributed by atoms with Crippen molar-refractivity contribution in [3.8, 4) is 11.5 Å². The van der Waals surface area contributed by atoms with Gasteiger partial charge in [0, 0.05) is 18.7 Å². The molecule has 0 amide bonds. The van der Waals surface area contributed by atoms with Gasteiger partial charge in [0.05, 0.1) is 26.4 Å². The van der Waals surface area contributed by atoms with Crippen LogP contribution in [0.4, 0.5) is 0 Å². The van der Waals surface area contributed by atoms with Crippen molar-refractivity contribution < 1.29 is 14.2 Å². The van der Waals surface area contributed by atoms with E-state index < -0.39 is 0 Å².